The number of benzene rings is 2. The lowest BCUT2D eigenvalue weighted by Crippen LogP contribution is -2.26. The lowest BCUT2D eigenvalue weighted by molar-refractivity contribution is -0.385. The minimum atomic E-state index is -3.06. The highest BCUT2D eigenvalue weighted by Crippen LogP contribution is 2.41. The standard InChI is InChI=1S/C30H30Cl2F2N2O7/c1-16-28(32)21(22(31)13-35-16)12-25(19-7-9-24(43-30(33)34)27(10-19)41-15-18-4-5-18)42-29(37)20-6-8-23(36(38)39)26(11-20)40-14-17-2-3-17/h6-11,13,16-18,25,30,35H,2-5,12,14-15H2,1H3/t16?,25-/m0/s1. The van der Waals surface area contributed by atoms with Crippen LogP contribution in [-0.4, -0.2) is 36.8 Å². The van der Waals surface area contributed by atoms with E-state index in [2.05, 4.69) is 10.1 Å². The van der Waals surface area contributed by atoms with Crippen LogP contribution >= 0.6 is 23.2 Å². The maximum absolute atomic E-state index is 13.5. The van der Waals surface area contributed by atoms with E-state index in [4.69, 9.17) is 37.4 Å². The highest BCUT2D eigenvalue weighted by atomic mass is 35.5. The van der Waals surface area contributed by atoms with Crippen molar-refractivity contribution in [2.24, 2.45) is 11.8 Å². The van der Waals surface area contributed by atoms with E-state index in [1.807, 2.05) is 6.92 Å². The van der Waals surface area contributed by atoms with Crippen LogP contribution in [0, 0.1) is 22.0 Å². The molecule has 9 nitrogen and oxygen atoms in total. The van der Waals surface area contributed by atoms with Crippen LogP contribution in [0.3, 0.4) is 0 Å². The summed E-state index contributed by atoms with van der Waals surface area (Å²) in [6.07, 6.45) is 4.56. The predicted molar refractivity (Wildman–Crippen MR) is 155 cm³/mol. The minimum absolute atomic E-state index is 0.0314. The number of ether oxygens (including phenoxy) is 4. The summed E-state index contributed by atoms with van der Waals surface area (Å²) in [5.74, 6) is -0.227. The summed E-state index contributed by atoms with van der Waals surface area (Å²) in [7, 11) is 0. The van der Waals surface area contributed by atoms with Crippen molar-refractivity contribution in [2.75, 3.05) is 13.2 Å². The lowest BCUT2D eigenvalue weighted by Gasteiger charge is -2.26. The molecule has 43 heavy (non-hydrogen) atoms. The molecule has 3 aliphatic rings. The Kier molecular flexibility index (Phi) is 9.61. The summed E-state index contributed by atoms with van der Waals surface area (Å²) in [5.41, 5.74) is 0.710. The molecule has 0 aromatic heterocycles. The number of alkyl halides is 2. The van der Waals surface area contributed by atoms with E-state index in [-0.39, 0.29) is 41.0 Å². The number of carbonyl (C=O) groups excluding carboxylic acids is 1. The molecule has 0 saturated heterocycles. The molecule has 5 rings (SSSR count). The molecule has 1 aliphatic heterocycles. The molecule has 1 N–H and O–H groups in total. The number of dihydropyridines is 1. The molecule has 2 aromatic rings. The largest absolute Gasteiger partial charge is 0.489 e. The molecule has 2 saturated carbocycles. The molecular weight excluding hydrogens is 609 g/mol. The molecule has 1 heterocycles. The van der Waals surface area contributed by atoms with E-state index in [1.54, 1.807) is 6.20 Å². The molecule has 0 spiro atoms. The summed E-state index contributed by atoms with van der Waals surface area (Å²) in [6, 6.07) is 7.84. The van der Waals surface area contributed by atoms with Gasteiger partial charge in [-0.15, -0.1) is 0 Å². The number of nitro benzene ring substituents is 1. The van der Waals surface area contributed by atoms with Crippen molar-refractivity contribution in [1.29, 1.82) is 0 Å². The SMILES string of the molecule is CC1NC=C(Cl)C(C[C@H](OC(=O)c2ccc([N+](=O)[O-])c(OCC3CC3)c2)c2ccc(OC(F)F)c(OCC3CC3)c2)=C1Cl. The summed E-state index contributed by atoms with van der Waals surface area (Å²) in [5, 5.41) is 15.3. The first-order chi connectivity index (χ1) is 20.6. The van der Waals surface area contributed by atoms with Crippen molar-refractivity contribution in [2.45, 2.75) is 57.8 Å². The van der Waals surface area contributed by atoms with Gasteiger partial charge in [-0.05, 0) is 73.8 Å². The number of nitrogens with one attached hydrogen (secondary N) is 1. The Morgan fingerprint density at radius 1 is 1.02 bits per heavy atom. The molecule has 0 bridgehead atoms. The molecule has 230 valence electrons. The van der Waals surface area contributed by atoms with Crippen LogP contribution in [0.4, 0.5) is 14.5 Å². The lowest BCUT2D eigenvalue weighted by atomic mass is 9.97. The van der Waals surface area contributed by atoms with Crippen molar-refractivity contribution in [3.05, 3.63) is 79.5 Å². The van der Waals surface area contributed by atoms with Crippen LogP contribution < -0.4 is 19.5 Å². The van der Waals surface area contributed by atoms with Gasteiger partial charge in [0.05, 0.1) is 34.8 Å². The van der Waals surface area contributed by atoms with Crippen molar-refractivity contribution in [3.63, 3.8) is 0 Å². The molecule has 0 amide bonds. The highest BCUT2D eigenvalue weighted by molar-refractivity contribution is 6.36. The third-order valence-corrected chi connectivity index (χ3v) is 8.24. The maximum Gasteiger partial charge on any atom is 0.387 e. The number of hydrogen-bond acceptors (Lipinski definition) is 8. The first-order valence-electron chi connectivity index (χ1n) is 13.9. The fourth-order valence-corrected chi connectivity index (χ4v) is 4.99. The Morgan fingerprint density at radius 2 is 1.70 bits per heavy atom. The third-order valence-electron chi connectivity index (χ3n) is 7.35. The predicted octanol–water partition coefficient (Wildman–Crippen LogP) is 7.63. The number of halogens is 4. The van der Waals surface area contributed by atoms with E-state index in [0.717, 1.165) is 25.7 Å². The van der Waals surface area contributed by atoms with E-state index < -0.39 is 23.6 Å². The zero-order valence-electron chi connectivity index (χ0n) is 23.2. The number of carbonyl (C=O) groups is 1. The molecule has 0 radical (unpaired) electrons. The Balaban J connectivity index is 1.46. The summed E-state index contributed by atoms with van der Waals surface area (Å²) < 4.78 is 48.4. The number of nitro groups is 1. The first-order valence-corrected chi connectivity index (χ1v) is 14.7. The van der Waals surface area contributed by atoms with Crippen LogP contribution in [0.25, 0.3) is 0 Å². The van der Waals surface area contributed by atoms with E-state index in [1.165, 1.54) is 36.4 Å². The van der Waals surface area contributed by atoms with Gasteiger partial charge < -0.3 is 24.3 Å². The van der Waals surface area contributed by atoms with Gasteiger partial charge in [0.15, 0.2) is 17.2 Å². The highest BCUT2D eigenvalue weighted by Gasteiger charge is 2.30. The van der Waals surface area contributed by atoms with E-state index in [0.29, 0.717) is 46.3 Å². The van der Waals surface area contributed by atoms with E-state index in [9.17, 15) is 23.7 Å². The normalized spacial score (nSPS) is 18.9. The second kappa shape index (κ2) is 13.4. The first kappa shape index (κ1) is 30.9. The van der Waals surface area contributed by atoms with Crippen LogP contribution in [0.5, 0.6) is 17.2 Å². The van der Waals surface area contributed by atoms with Crippen LogP contribution in [0.2, 0.25) is 0 Å². The number of hydrogen-bond donors (Lipinski definition) is 1. The topological polar surface area (TPSA) is 109 Å². The number of esters is 1. The van der Waals surface area contributed by atoms with Gasteiger partial charge in [0, 0.05) is 29.8 Å². The number of rotatable bonds is 14. The van der Waals surface area contributed by atoms with Crippen molar-refractivity contribution >= 4 is 34.9 Å². The minimum Gasteiger partial charge on any atom is -0.489 e. The zero-order valence-corrected chi connectivity index (χ0v) is 24.7. The second-order valence-corrected chi connectivity index (χ2v) is 11.7. The van der Waals surface area contributed by atoms with Crippen LogP contribution in [-0.2, 0) is 4.74 Å². The van der Waals surface area contributed by atoms with Gasteiger partial charge in [-0.3, -0.25) is 10.1 Å². The Hall–Kier alpha value is -3.57. The van der Waals surface area contributed by atoms with Gasteiger partial charge in [-0.25, -0.2) is 4.79 Å². The Labute approximate surface area is 256 Å². The molecule has 2 aromatic carbocycles. The quantitative estimate of drug-likeness (QED) is 0.128. The number of nitrogens with zero attached hydrogens (tertiary/aromatic N) is 1. The molecule has 2 atom stereocenters. The smallest absolute Gasteiger partial charge is 0.387 e. The van der Waals surface area contributed by atoms with Gasteiger partial charge in [0.1, 0.15) is 6.10 Å². The summed E-state index contributed by atoms with van der Waals surface area (Å²) in [6.45, 7) is -0.592. The van der Waals surface area contributed by atoms with Crippen LogP contribution in [0.1, 0.15) is 61.1 Å². The fraction of sp³-hybridized carbons (Fsp3) is 0.433. The maximum atomic E-state index is 13.5. The van der Waals surface area contributed by atoms with Crippen molar-refractivity contribution in [3.8, 4) is 17.2 Å². The average molecular weight is 639 g/mol. The van der Waals surface area contributed by atoms with Crippen molar-refractivity contribution in [1.82, 2.24) is 5.32 Å². The second-order valence-electron chi connectivity index (χ2n) is 10.8. The van der Waals surface area contributed by atoms with Gasteiger partial charge >= 0.3 is 18.3 Å². The fourth-order valence-electron chi connectivity index (χ4n) is 4.46. The summed E-state index contributed by atoms with van der Waals surface area (Å²) in [4.78, 5) is 24.5. The molecule has 1 unspecified atom stereocenters. The third kappa shape index (κ3) is 8.08. The summed E-state index contributed by atoms with van der Waals surface area (Å²) >= 11 is 13.1. The van der Waals surface area contributed by atoms with Crippen LogP contribution in [0.15, 0.2) is 58.2 Å². The van der Waals surface area contributed by atoms with Crippen molar-refractivity contribution < 1.29 is 37.4 Å². The monoisotopic (exact) mass is 638 g/mol. The Bertz CT molecular complexity index is 1440. The zero-order chi connectivity index (χ0) is 30.7. The van der Waals surface area contributed by atoms with Gasteiger partial charge in [0.2, 0.25) is 0 Å². The molecule has 13 heteroatoms. The van der Waals surface area contributed by atoms with Gasteiger partial charge in [-0.2, -0.15) is 8.78 Å². The Morgan fingerprint density at radius 3 is 2.33 bits per heavy atom. The number of allylic oxidation sites excluding steroid dienone is 1. The molecule has 2 aliphatic carbocycles. The average Bonchev–Trinajstić information content (AvgIpc) is 3.90. The molecular formula is C30H30Cl2F2N2O7. The van der Waals surface area contributed by atoms with E-state index >= 15 is 0 Å². The van der Waals surface area contributed by atoms with Gasteiger partial charge in [-0.1, -0.05) is 29.3 Å². The van der Waals surface area contributed by atoms with Gasteiger partial charge in [0.25, 0.3) is 0 Å². The molecule has 2 fully saturated rings.